The van der Waals surface area contributed by atoms with Crippen molar-refractivity contribution >= 4 is 5.97 Å². The highest BCUT2D eigenvalue weighted by Gasteiger charge is 2.11. The Balaban J connectivity index is 4.21. The van der Waals surface area contributed by atoms with Crippen LogP contribution in [0.5, 0.6) is 0 Å². The van der Waals surface area contributed by atoms with Crippen molar-refractivity contribution in [2.45, 2.75) is 6.92 Å². The number of carbonyl (C=O) groups excluding carboxylic acids is 1. The summed E-state index contributed by atoms with van der Waals surface area (Å²) < 4.78 is 27.5. The lowest BCUT2D eigenvalue weighted by molar-refractivity contribution is -0.138. The molecule has 0 aliphatic carbocycles. The fraction of sp³-hybridized carbons (Fsp3) is 0.400. The van der Waals surface area contributed by atoms with Crippen LogP contribution >= 0.6 is 0 Å². The maximum absolute atomic E-state index is 11.9. The van der Waals surface area contributed by atoms with Crippen LogP contribution in [0, 0.1) is 0 Å². The quantitative estimate of drug-likeness (QED) is 0.401. The van der Waals surface area contributed by atoms with Gasteiger partial charge < -0.3 is 4.74 Å². The van der Waals surface area contributed by atoms with Gasteiger partial charge >= 0.3 is 5.97 Å². The molecule has 52 valence electrons. The van der Waals surface area contributed by atoms with Gasteiger partial charge in [0.05, 0.1) is 7.11 Å². The topological polar surface area (TPSA) is 26.3 Å². The monoisotopic (exact) mass is 136 g/mol. The zero-order valence-corrected chi connectivity index (χ0v) is 5.07. The predicted octanol–water partition coefficient (Wildman–Crippen LogP) is 1.33. The summed E-state index contributed by atoms with van der Waals surface area (Å²) in [5.41, 5.74) is 0. The molecule has 0 atom stereocenters. The summed E-state index contributed by atoms with van der Waals surface area (Å²) in [7, 11) is 0.977. The molecule has 0 N–H and O–H groups in total. The summed E-state index contributed by atoms with van der Waals surface area (Å²) in [6.07, 6.45) is 0. The number of carbonyl (C=O) groups is 1. The molecule has 9 heavy (non-hydrogen) atoms. The molecule has 0 aliphatic heterocycles. The number of halogens is 2. The van der Waals surface area contributed by atoms with Crippen LogP contribution in [0.15, 0.2) is 11.7 Å². The minimum Gasteiger partial charge on any atom is -0.464 e. The number of ether oxygens (including phenoxy) is 1. The van der Waals surface area contributed by atoms with Crippen molar-refractivity contribution in [1.29, 1.82) is 0 Å². The molecule has 0 aliphatic rings. The van der Waals surface area contributed by atoms with Crippen LogP contribution < -0.4 is 0 Å². The van der Waals surface area contributed by atoms with Crippen LogP contribution in [0.25, 0.3) is 0 Å². The van der Waals surface area contributed by atoms with Crippen molar-refractivity contribution < 1.29 is 18.3 Å². The molecule has 2 nitrogen and oxygen atoms in total. The van der Waals surface area contributed by atoms with Gasteiger partial charge in [-0.15, -0.1) is 0 Å². The van der Waals surface area contributed by atoms with Gasteiger partial charge in [-0.05, 0) is 6.92 Å². The molecule has 0 aromatic carbocycles. The van der Waals surface area contributed by atoms with Crippen LogP contribution in [-0.4, -0.2) is 13.1 Å². The standard InChI is InChI=1S/C5H6F2O2/c1-3(6)4(7)5(8)9-2/h1-2H3/b4-3+. The van der Waals surface area contributed by atoms with E-state index in [9.17, 15) is 13.6 Å². The summed E-state index contributed by atoms with van der Waals surface area (Å²) in [6, 6.07) is 0. The third-order valence-electron chi connectivity index (χ3n) is 0.667. The molecule has 0 saturated heterocycles. The Kier molecular flexibility index (Phi) is 2.84. The third kappa shape index (κ3) is 2.21. The Labute approximate surface area is 51.1 Å². The number of allylic oxidation sites excluding steroid dienone is 1. The highest BCUT2D eigenvalue weighted by Crippen LogP contribution is 2.07. The first-order valence-electron chi connectivity index (χ1n) is 2.19. The van der Waals surface area contributed by atoms with E-state index in [1.165, 1.54) is 0 Å². The van der Waals surface area contributed by atoms with Crippen molar-refractivity contribution in [2.75, 3.05) is 7.11 Å². The summed E-state index contributed by atoms with van der Waals surface area (Å²) in [4.78, 5) is 10.1. The molecule has 0 saturated carbocycles. The third-order valence-corrected chi connectivity index (χ3v) is 0.667. The van der Waals surface area contributed by atoms with Gasteiger partial charge in [-0.25, -0.2) is 9.18 Å². The number of esters is 1. The summed E-state index contributed by atoms with van der Waals surface area (Å²) in [5.74, 6) is -3.92. The lowest BCUT2D eigenvalue weighted by Gasteiger charge is -1.92. The first-order valence-corrected chi connectivity index (χ1v) is 2.19. The second-order valence-corrected chi connectivity index (χ2v) is 1.34. The smallest absolute Gasteiger partial charge is 0.369 e. The van der Waals surface area contributed by atoms with Gasteiger partial charge in [0, 0.05) is 0 Å². The maximum atomic E-state index is 11.9. The lowest BCUT2D eigenvalue weighted by atomic mass is 10.5. The van der Waals surface area contributed by atoms with Crippen LogP contribution in [0.4, 0.5) is 8.78 Å². The Hall–Kier alpha value is -0.930. The van der Waals surface area contributed by atoms with Crippen molar-refractivity contribution in [3.8, 4) is 0 Å². The van der Waals surface area contributed by atoms with Crippen LogP contribution in [0.3, 0.4) is 0 Å². The Bertz CT molecular complexity index is 147. The van der Waals surface area contributed by atoms with Gasteiger partial charge in [0.15, 0.2) is 0 Å². The minimum atomic E-state index is -1.47. The van der Waals surface area contributed by atoms with Crippen LogP contribution in [0.1, 0.15) is 6.92 Å². The fourth-order valence-electron chi connectivity index (χ4n) is 0.230. The van der Waals surface area contributed by atoms with Gasteiger partial charge in [-0.2, -0.15) is 4.39 Å². The molecule has 0 aromatic rings. The van der Waals surface area contributed by atoms with E-state index in [0.29, 0.717) is 0 Å². The highest BCUT2D eigenvalue weighted by atomic mass is 19.2. The predicted molar refractivity (Wildman–Crippen MR) is 26.9 cm³/mol. The van der Waals surface area contributed by atoms with Crippen molar-refractivity contribution in [3.05, 3.63) is 11.7 Å². The number of methoxy groups -OCH3 is 1. The first-order chi connectivity index (χ1) is 4.09. The first kappa shape index (κ1) is 8.07. The molecule has 0 heterocycles. The van der Waals surface area contributed by atoms with E-state index in [4.69, 9.17) is 0 Å². The Morgan fingerprint density at radius 2 is 1.89 bits per heavy atom. The zero-order chi connectivity index (χ0) is 7.44. The number of hydrogen-bond donors (Lipinski definition) is 0. The molecule has 4 heteroatoms. The molecular weight excluding hydrogens is 130 g/mol. The van der Waals surface area contributed by atoms with Gasteiger partial charge in [-0.3, -0.25) is 0 Å². The summed E-state index contributed by atoms with van der Waals surface area (Å²) in [6.45, 7) is 0.840. The Morgan fingerprint density at radius 1 is 1.44 bits per heavy atom. The normalized spacial score (nSPS) is 12.4. The van der Waals surface area contributed by atoms with Gasteiger partial charge in [0.2, 0.25) is 5.83 Å². The molecule has 0 unspecified atom stereocenters. The molecule has 0 aromatic heterocycles. The maximum Gasteiger partial charge on any atom is 0.369 e. The molecular formula is C5H6F2O2. The number of rotatable bonds is 1. The van der Waals surface area contributed by atoms with Crippen LogP contribution in [0.2, 0.25) is 0 Å². The van der Waals surface area contributed by atoms with Gasteiger partial charge in [0.1, 0.15) is 5.83 Å². The number of hydrogen-bond acceptors (Lipinski definition) is 2. The minimum absolute atomic E-state index is 0.840. The molecule has 0 spiro atoms. The zero-order valence-electron chi connectivity index (χ0n) is 5.07. The fourth-order valence-corrected chi connectivity index (χ4v) is 0.230. The molecule has 0 rings (SSSR count). The van der Waals surface area contributed by atoms with Crippen molar-refractivity contribution in [2.24, 2.45) is 0 Å². The van der Waals surface area contributed by atoms with E-state index < -0.39 is 17.6 Å². The Morgan fingerprint density at radius 3 is 2.00 bits per heavy atom. The van der Waals surface area contributed by atoms with E-state index >= 15 is 0 Å². The van der Waals surface area contributed by atoms with Crippen molar-refractivity contribution in [3.63, 3.8) is 0 Å². The summed E-state index contributed by atoms with van der Waals surface area (Å²) >= 11 is 0. The second kappa shape index (κ2) is 3.17. The SMILES string of the molecule is COC(=O)/C(F)=C(/C)F. The average Bonchev–Trinajstić information content (AvgIpc) is 1.84. The van der Waals surface area contributed by atoms with Gasteiger partial charge in [0.25, 0.3) is 0 Å². The second-order valence-electron chi connectivity index (χ2n) is 1.34. The van der Waals surface area contributed by atoms with Gasteiger partial charge in [-0.1, -0.05) is 0 Å². The molecule has 0 radical (unpaired) electrons. The molecule has 0 fully saturated rings. The molecule has 0 bridgehead atoms. The highest BCUT2D eigenvalue weighted by molar-refractivity contribution is 5.86. The van der Waals surface area contributed by atoms with Crippen molar-refractivity contribution in [1.82, 2.24) is 0 Å². The summed E-state index contributed by atoms with van der Waals surface area (Å²) in [5, 5.41) is 0. The van der Waals surface area contributed by atoms with Crippen LogP contribution in [-0.2, 0) is 9.53 Å². The largest absolute Gasteiger partial charge is 0.464 e. The van der Waals surface area contributed by atoms with E-state index in [-0.39, 0.29) is 0 Å². The average molecular weight is 136 g/mol. The van der Waals surface area contributed by atoms with E-state index in [1.807, 2.05) is 0 Å². The van der Waals surface area contributed by atoms with E-state index in [0.717, 1.165) is 14.0 Å². The van der Waals surface area contributed by atoms with E-state index in [1.54, 1.807) is 0 Å². The van der Waals surface area contributed by atoms with E-state index in [2.05, 4.69) is 4.74 Å². The lowest BCUT2D eigenvalue weighted by Crippen LogP contribution is -2.01. The molecule has 0 amide bonds.